The molecule has 1 aromatic carbocycles. The van der Waals surface area contributed by atoms with E-state index in [1.165, 1.54) is 31.4 Å². The molecule has 0 spiro atoms. The smallest absolute Gasteiger partial charge is 0.0208 e. The highest BCUT2D eigenvalue weighted by atomic mass is 14.9. The molecule has 3 atom stereocenters. The van der Waals surface area contributed by atoms with Gasteiger partial charge in [0.25, 0.3) is 0 Å². The van der Waals surface area contributed by atoms with Crippen molar-refractivity contribution in [3.05, 3.63) is 35.4 Å². The number of hydrogen-bond acceptors (Lipinski definition) is 1. The van der Waals surface area contributed by atoms with Gasteiger partial charge in [-0.2, -0.15) is 0 Å². The van der Waals surface area contributed by atoms with Gasteiger partial charge in [-0.25, -0.2) is 0 Å². The van der Waals surface area contributed by atoms with Crippen molar-refractivity contribution in [3.63, 3.8) is 0 Å². The van der Waals surface area contributed by atoms with Crippen molar-refractivity contribution in [3.8, 4) is 0 Å². The van der Waals surface area contributed by atoms with Gasteiger partial charge < -0.3 is 5.32 Å². The summed E-state index contributed by atoms with van der Waals surface area (Å²) in [5.74, 6) is 3.46. The molecule has 1 nitrogen and oxygen atoms in total. The first-order chi connectivity index (χ1) is 8.74. The lowest BCUT2D eigenvalue weighted by molar-refractivity contribution is 0.186. The molecular formula is C17H25N. The molecule has 1 heteroatoms. The fraction of sp³-hybridized carbons (Fsp3) is 0.647. The van der Waals surface area contributed by atoms with Gasteiger partial charge in [0.1, 0.15) is 0 Å². The van der Waals surface area contributed by atoms with E-state index in [4.69, 9.17) is 0 Å². The second-order valence-corrected chi connectivity index (χ2v) is 6.61. The van der Waals surface area contributed by atoms with E-state index in [1.54, 1.807) is 5.56 Å². The van der Waals surface area contributed by atoms with E-state index in [9.17, 15) is 0 Å². The van der Waals surface area contributed by atoms with E-state index in [0.29, 0.717) is 0 Å². The minimum absolute atomic E-state index is 0.750. The van der Waals surface area contributed by atoms with Gasteiger partial charge >= 0.3 is 0 Å². The Morgan fingerprint density at radius 1 is 1.00 bits per heavy atom. The first kappa shape index (κ1) is 12.2. The molecule has 1 N–H and O–H groups in total. The second kappa shape index (κ2) is 5.05. The topological polar surface area (TPSA) is 12.0 Å². The van der Waals surface area contributed by atoms with Gasteiger partial charge in [0, 0.05) is 13.1 Å². The maximum atomic E-state index is 3.62. The maximum Gasteiger partial charge on any atom is 0.0208 e. The average Bonchev–Trinajstić information content (AvgIpc) is 2.37. The number of nitrogens with one attached hydrogen (secondary N) is 1. The Hall–Kier alpha value is -0.820. The standard InChI is InChI=1S/C17H25N/c1-12-7-13(2)9-15(8-12)17-11-18-10-14-5-3-4-6-16(14)17/h3-6,12-13,15,17-18H,7-11H2,1-2H3. The lowest BCUT2D eigenvalue weighted by Gasteiger charge is -2.39. The van der Waals surface area contributed by atoms with E-state index < -0.39 is 0 Å². The molecule has 1 aliphatic carbocycles. The summed E-state index contributed by atoms with van der Waals surface area (Å²) in [5, 5.41) is 3.62. The highest BCUT2D eigenvalue weighted by Crippen LogP contribution is 2.42. The largest absolute Gasteiger partial charge is 0.312 e. The summed E-state index contributed by atoms with van der Waals surface area (Å²) < 4.78 is 0. The highest BCUT2D eigenvalue weighted by molar-refractivity contribution is 5.33. The number of benzene rings is 1. The number of hydrogen-bond donors (Lipinski definition) is 1. The first-order valence-electron chi connectivity index (χ1n) is 7.52. The van der Waals surface area contributed by atoms with Crippen LogP contribution in [-0.4, -0.2) is 6.54 Å². The monoisotopic (exact) mass is 243 g/mol. The molecule has 18 heavy (non-hydrogen) atoms. The third kappa shape index (κ3) is 2.33. The average molecular weight is 243 g/mol. The predicted octanol–water partition coefficient (Wildman–Crippen LogP) is 3.95. The van der Waals surface area contributed by atoms with Crippen LogP contribution in [0.15, 0.2) is 24.3 Å². The normalized spacial score (nSPS) is 36.1. The highest BCUT2D eigenvalue weighted by Gasteiger charge is 2.32. The first-order valence-corrected chi connectivity index (χ1v) is 7.52. The molecule has 2 aliphatic rings. The molecule has 0 bridgehead atoms. The van der Waals surface area contributed by atoms with Gasteiger partial charge in [-0.15, -0.1) is 0 Å². The Balaban J connectivity index is 1.85. The third-order valence-electron chi connectivity index (χ3n) is 4.92. The zero-order valence-corrected chi connectivity index (χ0v) is 11.7. The van der Waals surface area contributed by atoms with Crippen LogP contribution in [0, 0.1) is 17.8 Å². The van der Waals surface area contributed by atoms with Crippen LogP contribution in [-0.2, 0) is 6.54 Å². The van der Waals surface area contributed by atoms with E-state index in [0.717, 1.165) is 30.2 Å². The van der Waals surface area contributed by atoms with Crippen molar-refractivity contribution >= 4 is 0 Å². The van der Waals surface area contributed by atoms with Gasteiger partial charge in [-0.3, -0.25) is 0 Å². The van der Waals surface area contributed by atoms with Crippen molar-refractivity contribution in [1.82, 2.24) is 5.32 Å². The summed E-state index contributed by atoms with van der Waals surface area (Å²) in [7, 11) is 0. The van der Waals surface area contributed by atoms with Crippen molar-refractivity contribution in [1.29, 1.82) is 0 Å². The van der Waals surface area contributed by atoms with Crippen LogP contribution in [0.2, 0.25) is 0 Å². The van der Waals surface area contributed by atoms with Crippen LogP contribution >= 0.6 is 0 Å². The summed E-state index contributed by atoms with van der Waals surface area (Å²) in [4.78, 5) is 0. The molecular weight excluding hydrogens is 218 g/mol. The Kier molecular flexibility index (Phi) is 3.43. The summed E-state index contributed by atoms with van der Waals surface area (Å²) in [5.41, 5.74) is 3.15. The van der Waals surface area contributed by atoms with E-state index in [-0.39, 0.29) is 0 Å². The Morgan fingerprint density at radius 3 is 2.50 bits per heavy atom. The summed E-state index contributed by atoms with van der Waals surface area (Å²) in [6.45, 7) is 7.11. The van der Waals surface area contributed by atoms with Crippen molar-refractivity contribution in [2.75, 3.05) is 6.54 Å². The van der Waals surface area contributed by atoms with Gasteiger partial charge in [-0.1, -0.05) is 38.1 Å². The van der Waals surface area contributed by atoms with Gasteiger partial charge in [-0.05, 0) is 54.1 Å². The molecule has 3 rings (SSSR count). The second-order valence-electron chi connectivity index (χ2n) is 6.61. The van der Waals surface area contributed by atoms with Gasteiger partial charge in [0.15, 0.2) is 0 Å². The van der Waals surface area contributed by atoms with E-state index in [2.05, 4.69) is 43.4 Å². The SMILES string of the molecule is CC1CC(C)CC(C2CNCc3ccccc32)C1. The zero-order chi connectivity index (χ0) is 12.5. The van der Waals surface area contributed by atoms with Gasteiger partial charge in [0.2, 0.25) is 0 Å². The van der Waals surface area contributed by atoms with Crippen LogP contribution in [0.5, 0.6) is 0 Å². The molecule has 0 aromatic heterocycles. The van der Waals surface area contributed by atoms with E-state index in [1.807, 2.05) is 0 Å². The Labute approximate surface area is 111 Å². The van der Waals surface area contributed by atoms with Crippen LogP contribution < -0.4 is 5.32 Å². The lowest BCUT2D eigenvalue weighted by atomic mass is 9.68. The molecule has 1 saturated carbocycles. The number of rotatable bonds is 1. The summed E-state index contributed by atoms with van der Waals surface area (Å²) in [6, 6.07) is 9.05. The molecule has 0 amide bonds. The minimum Gasteiger partial charge on any atom is -0.312 e. The van der Waals surface area contributed by atoms with Crippen LogP contribution in [0.25, 0.3) is 0 Å². The molecule has 1 aromatic rings. The minimum atomic E-state index is 0.750. The lowest BCUT2D eigenvalue weighted by Crippen LogP contribution is -2.35. The zero-order valence-electron chi connectivity index (χ0n) is 11.7. The molecule has 98 valence electrons. The molecule has 1 fully saturated rings. The fourth-order valence-corrected chi connectivity index (χ4v) is 4.29. The predicted molar refractivity (Wildman–Crippen MR) is 76.6 cm³/mol. The molecule has 3 unspecified atom stereocenters. The van der Waals surface area contributed by atoms with Crippen molar-refractivity contribution in [2.45, 2.75) is 45.6 Å². The molecule has 0 radical (unpaired) electrons. The number of fused-ring (bicyclic) bond motifs is 1. The van der Waals surface area contributed by atoms with Crippen molar-refractivity contribution in [2.24, 2.45) is 17.8 Å². The Morgan fingerprint density at radius 2 is 1.72 bits per heavy atom. The van der Waals surface area contributed by atoms with Crippen LogP contribution in [0.4, 0.5) is 0 Å². The van der Waals surface area contributed by atoms with E-state index >= 15 is 0 Å². The molecule has 1 heterocycles. The summed E-state index contributed by atoms with van der Waals surface area (Å²) in [6.07, 6.45) is 4.27. The molecule has 0 saturated heterocycles. The van der Waals surface area contributed by atoms with Crippen molar-refractivity contribution < 1.29 is 0 Å². The Bertz CT molecular complexity index is 402. The molecule has 1 aliphatic heterocycles. The quantitative estimate of drug-likeness (QED) is 0.787. The summed E-state index contributed by atoms with van der Waals surface area (Å²) >= 11 is 0. The fourth-order valence-electron chi connectivity index (χ4n) is 4.29. The van der Waals surface area contributed by atoms with Crippen LogP contribution in [0.1, 0.15) is 50.2 Å². The van der Waals surface area contributed by atoms with Crippen LogP contribution in [0.3, 0.4) is 0 Å². The third-order valence-corrected chi connectivity index (χ3v) is 4.92. The van der Waals surface area contributed by atoms with Gasteiger partial charge in [0.05, 0.1) is 0 Å². The maximum absolute atomic E-state index is 3.62.